The topological polar surface area (TPSA) is 123 Å². The lowest BCUT2D eigenvalue weighted by atomic mass is 10.0. The Balaban J connectivity index is 1.41. The number of nitriles is 1. The minimum atomic E-state index is -2.83. The van der Waals surface area contributed by atoms with Gasteiger partial charge in [-0.2, -0.15) is 5.26 Å². The van der Waals surface area contributed by atoms with Crippen LogP contribution in [-0.4, -0.2) is 32.8 Å². The van der Waals surface area contributed by atoms with Crippen LogP contribution >= 0.6 is 11.3 Å². The lowest BCUT2D eigenvalue weighted by Crippen LogP contribution is -2.22. The molecule has 38 heavy (non-hydrogen) atoms. The number of nitrogens with one attached hydrogen (secondary N) is 1. The molecule has 1 fully saturated rings. The molecule has 9 nitrogen and oxygen atoms in total. The van der Waals surface area contributed by atoms with Gasteiger partial charge in [0.25, 0.3) is 17.9 Å². The Morgan fingerprint density at radius 3 is 2.66 bits per heavy atom. The molecule has 1 N–H and O–H groups in total. The number of carbonyl (C=O) groups is 1. The number of aryl methyl sites for hydroxylation is 1. The molecule has 1 aromatic carbocycles. The van der Waals surface area contributed by atoms with Crippen LogP contribution in [0.2, 0.25) is 0 Å². The molecule has 1 aliphatic rings. The molecule has 12 heteroatoms. The van der Waals surface area contributed by atoms with E-state index in [-0.39, 0.29) is 39.4 Å². The van der Waals surface area contributed by atoms with Crippen LogP contribution in [0.4, 0.5) is 13.9 Å². The van der Waals surface area contributed by atoms with Crippen LogP contribution < -0.4 is 15.6 Å². The number of nitrogens with zero attached hydrogens (tertiary/aromatic N) is 5. The predicted molar refractivity (Wildman–Crippen MR) is 136 cm³/mol. The number of methoxy groups -OCH3 is 1. The van der Waals surface area contributed by atoms with Crippen LogP contribution in [0.25, 0.3) is 11.1 Å². The van der Waals surface area contributed by atoms with Crippen molar-refractivity contribution in [2.75, 3.05) is 12.4 Å². The van der Waals surface area contributed by atoms with Crippen molar-refractivity contribution in [2.45, 2.75) is 24.7 Å². The molecule has 0 bridgehead atoms. The van der Waals surface area contributed by atoms with Crippen LogP contribution in [0, 0.1) is 11.3 Å². The highest BCUT2D eigenvalue weighted by Crippen LogP contribution is 2.55. The van der Waals surface area contributed by atoms with Crippen LogP contribution in [0.5, 0.6) is 5.75 Å². The number of hydrogen-bond acceptors (Lipinski definition) is 8. The largest absolute Gasteiger partial charge is 0.494 e. The Labute approximate surface area is 219 Å². The molecule has 1 amide bonds. The zero-order valence-electron chi connectivity index (χ0n) is 20.2. The Bertz CT molecular complexity index is 1630. The normalized spacial score (nSPS) is 16.2. The number of anilines is 1. The summed E-state index contributed by atoms with van der Waals surface area (Å²) in [5, 5.41) is 21.0. The third kappa shape index (κ3) is 4.88. The van der Waals surface area contributed by atoms with Gasteiger partial charge in [-0.25, -0.2) is 8.78 Å². The molecule has 4 aromatic rings. The van der Waals surface area contributed by atoms with E-state index in [4.69, 9.17) is 10.00 Å². The van der Waals surface area contributed by atoms with Gasteiger partial charge in [-0.3, -0.25) is 19.9 Å². The van der Waals surface area contributed by atoms with Gasteiger partial charge in [-0.15, -0.1) is 10.2 Å². The quantitative estimate of drug-likeness (QED) is 0.366. The van der Waals surface area contributed by atoms with Gasteiger partial charge in [0, 0.05) is 36.4 Å². The van der Waals surface area contributed by atoms with Gasteiger partial charge in [0.15, 0.2) is 0 Å². The number of halogens is 2. The molecule has 5 rings (SSSR count). The maximum Gasteiger partial charge on any atom is 0.280 e. The molecular formula is C26H20F2N6O3S. The van der Waals surface area contributed by atoms with Gasteiger partial charge in [0.1, 0.15) is 16.5 Å². The average molecular weight is 535 g/mol. The number of pyridine rings is 2. The van der Waals surface area contributed by atoms with Gasteiger partial charge in [-0.1, -0.05) is 23.5 Å². The smallest absolute Gasteiger partial charge is 0.280 e. The number of amides is 1. The summed E-state index contributed by atoms with van der Waals surface area (Å²) in [5.74, 6) is -0.0640. The van der Waals surface area contributed by atoms with Crippen LogP contribution in [0.3, 0.4) is 0 Å². The molecule has 1 aliphatic carbocycles. The minimum absolute atomic E-state index is 0.0311. The predicted octanol–water partition coefficient (Wildman–Crippen LogP) is 4.64. The molecule has 0 saturated heterocycles. The molecule has 1 unspecified atom stereocenters. The summed E-state index contributed by atoms with van der Waals surface area (Å²) in [6.07, 6.45) is 0.588. The van der Waals surface area contributed by atoms with Crippen molar-refractivity contribution in [3.8, 4) is 22.9 Å². The molecule has 0 radical (unpaired) electrons. The first-order valence-electron chi connectivity index (χ1n) is 11.5. The van der Waals surface area contributed by atoms with Gasteiger partial charge in [0.2, 0.25) is 5.13 Å². The first kappa shape index (κ1) is 25.2. The summed E-state index contributed by atoms with van der Waals surface area (Å²) in [6, 6.07) is 11.8. The van der Waals surface area contributed by atoms with E-state index in [0.717, 1.165) is 35.3 Å². The zero-order valence-corrected chi connectivity index (χ0v) is 21.0. The summed E-state index contributed by atoms with van der Waals surface area (Å²) in [6.45, 7) is 0. The van der Waals surface area contributed by atoms with Crippen molar-refractivity contribution < 1.29 is 18.3 Å². The molecule has 3 heterocycles. The number of benzene rings is 1. The van der Waals surface area contributed by atoms with E-state index in [2.05, 4.69) is 26.6 Å². The van der Waals surface area contributed by atoms with Crippen molar-refractivity contribution in [1.82, 2.24) is 19.7 Å². The van der Waals surface area contributed by atoms with E-state index in [1.807, 2.05) is 12.1 Å². The zero-order chi connectivity index (χ0) is 27.0. The number of rotatable bonds is 7. The Hall–Kier alpha value is -4.50. The van der Waals surface area contributed by atoms with E-state index < -0.39 is 23.6 Å². The average Bonchev–Trinajstić information content (AvgIpc) is 3.59. The maximum atomic E-state index is 13.4. The summed E-state index contributed by atoms with van der Waals surface area (Å²) in [4.78, 5) is 29.4. The van der Waals surface area contributed by atoms with Gasteiger partial charge in [0.05, 0.1) is 30.5 Å². The van der Waals surface area contributed by atoms with Crippen molar-refractivity contribution in [3.05, 3.63) is 86.5 Å². The molecule has 0 aliphatic heterocycles. The molecule has 0 spiro atoms. The first-order valence-corrected chi connectivity index (χ1v) is 12.3. The number of carbonyl (C=O) groups excluding carboxylic acids is 1. The summed E-state index contributed by atoms with van der Waals surface area (Å²) >= 11 is 1.23. The second kappa shape index (κ2) is 10.1. The number of alkyl halides is 2. The van der Waals surface area contributed by atoms with Gasteiger partial charge in [-0.05, 0) is 36.1 Å². The van der Waals surface area contributed by atoms with Crippen molar-refractivity contribution >= 4 is 22.4 Å². The van der Waals surface area contributed by atoms with Crippen molar-refractivity contribution in [3.63, 3.8) is 0 Å². The number of hydrogen-bond donors (Lipinski definition) is 1. The van der Waals surface area contributed by atoms with Gasteiger partial charge >= 0.3 is 0 Å². The molecule has 3 aromatic heterocycles. The third-order valence-electron chi connectivity index (χ3n) is 6.33. The second-order valence-electron chi connectivity index (χ2n) is 8.74. The number of aromatic nitrogens is 4. The fraction of sp³-hybridized carbons (Fsp3) is 0.231. The van der Waals surface area contributed by atoms with Crippen LogP contribution in [0.15, 0.2) is 53.6 Å². The fourth-order valence-corrected chi connectivity index (χ4v) is 5.14. The van der Waals surface area contributed by atoms with E-state index in [1.165, 1.54) is 36.3 Å². The van der Waals surface area contributed by atoms with Crippen molar-refractivity contribution in [1.29, 1.82) is 5.26 Å². The van der Waals surface area contributed by atoms with Crippen molar-refractivity contribution in [2.24, 2.45) is 7.05 Å². The Morgan fingerprint density at radius 2 is 1.97 bits per heavy atom. The monoisotopic (exact) mass is 534 g/mol. The first-order chi connectivity index (χ1) is 18.3. The Kier molecular flexibility index (Phi) is 6.69. The molecular weight excluding hydrogens is 514 g/mol. The summed E-state index contributed by atoms with van der Waals surface area (Å²) in [7, 11) is 2.85. The standard InChI is InChI=1S/C26H20F2N6O3S/c1-34-12-19(16-8-20(23(27)28)30-11-21(16)37-2)17(9-22(34)35)24(36)31-26-33-32-25(38-26)18-7-15(18)14-5-3-13(10-29)4-6-14/h3-6,8-9,11-12,15,18,23H,7H2,1-2H3,(H,31,33,36)/t15-,18?/m0/s1. The summed E-state index contributed by atoms with van der Waals surface area (Å²) in [5.41, 5.74) is 1.14. The highest BCUT2D eigenvalue weighted by molar-refractivity contribution is 7.15. The fourth-order valence-electron chi connectivity index (χ4n) is 4.22. The molecule has 1 saturated carbocycles. The maximum absolute atomic E-state index is 13.4. The third-order valence-corrected chi connectivity index (χ3v) is 7.30. The summed E-state index contributed by atoms with van der Waals surface area (Å²) < 4.78 is 33.3. The lowest BCUT2D eigenvalue weighted by molar-refractivity contribution is 0.102. The van der Waals surface area contributed by atoms with Crippen LogP contribution in [-0.2, 0) is 7.05 Å². The molecule has 2 atom stereocenters. The second-order valence-corrected chi connectivity index (χ2v) is 9.75. The van der Waals surface area contributed by atoms with E-state index in [1.54, 1.807) is 12.1 Å². The minimum Gasteiger partial charge on any atom is -0.494 e. The van der Waals surface area contributed by atoms with Crippen LogP contribution in [0.1, 0.15) is 56.9 Å². The van der Waals surface area contributed by atoms with E-state index >= 15 is 0 Å². The molecule has 192 valence electrons. The highest BCUT2D eigenvalue weighted by atomic mass is 32.1. The highest BCUT2D eigenvalue weighted by Gasteiger charge is 2.42. The lowest BCUT2D eigenvalue weighted by Gasteiger charge is -2.14. The Morgan fingerprint density at radius 1 is 1.21 bits per heavy atom. The number of ether oxygens (including phenoxy) is 1. The van der Waals surface area contributed by atoms with E-state index in [0.29, 0.717) is 5.56 Å². The SMILES string of the molecule is COc1cnc(C(F)F)cc1-c1cn(C)c(=O)cc1C(=O)Nc1nnc(C2C[C@H]2c2ccc(C#N)cc2)s1. The van der Waals surface area contributed by atoms with Gasteiger partial charge < -0.3 is 9.30 Å². The van der Waals surface area contributed by atoms with E-state index in [9.17, 15) is 18.4 Å².